The van der Waals surface area contributed by atoms with Crippen molar-refractivity contribution in [3.05, 3.63) is 0 Å². The van der Waals surface area contributed by atoms with E-state index >= 15 is 0 Å². The molecule has 0 saturated carbocycles. The monoisotopic (exact) mass is 419 g/mol. The summed E-state index contributed by atoms with van der Waals surface area (Å²) in [6, 6.07) is 0. The zero-order chi connectivity index (χ0) is 14.0. The van der Waals surface area contributed by atoms with Gasteiger partial charge in [-0.1, -0.05) is 172 Å². The maximum atomic E-state index is 4.00. The van der Waals surface area contributed by atoms with Gasteiger partial charge in [-0.05, 0) is 0 Å². The van der Waals surface area contributed by atoms with E-state index in [1.54, 1.807) is 0 Å². The molecule has 210 valence electrons. The van der Waals surface area contributed by atoms with E-state index in [0.29, 0.717) is 0 Å². The largest absolute Gasteiger partial charge is 0.124 e. The third-order valence-corrected chi connectivity index (χ3v) is 0. The predicted octanol–water partition coefficient (Wildman–Crippen LogP) is 16.5. The van der Waals surface area contributed by atoms with Gasteiger partial charge in [0.15, 0.2) is 0 Å². The van der Waals surface area contributed by atoms with Crippen molar-refractivity contribution in [2.45, 2.75) is 172 Å². The molecule has 0 atom stereocenters. The van der Waals surface area contributed by atoms with Gasteiger partial charge in [0.05, 0.1) is 0 Å². The molecule has 0 heterocycles. The Morgan fingerprint density at radius 2 is 0.231 bits per heavy atom. The van der Waals surface area contributed by atoms with Crippen molar-refractivity contribution in [2.24, 2.45) is 0 Å². The lowest BCUT2D eigenvalue weighted by molar-refractivity contribution is 1.50. The van der Waals surface area contributed by atoms with Crippen LogP contribution in [0.25, 0.3) is 0 Å². The van der Waals surface area contributed by atoms with Crippen molar-refractivity contribution in [2.75, 3.05) is 0 Å². The Kier molecular flexibility index (Phi) is 970000. The van der Waals surface area contributed by atoms with Crippen molar-refractivity contribution in [3.8, 4) is 12.8 Å². The minimum atomic E-state index is 0. The Balaban J connectivity index is -0.000000000534. The van der Waals surface area contributed by atoms with Crippen LogP contribution in [0.3, 0.4) is 0 Å². The Hall–Kier alpha value is -0.440. The topological polar surface area (TPSA) is 0 Å². The Morgan fingerprint density at radius 1 is 0.231 bits per heavy atom. The van der Waals surface area contributed by atoms with Crippen LogP contribution in [0.5, 0.6) is 0 Å². The molecule has 0 nitrogen and oxygen atoms in total. The summed E-state index contributed by atoms with van der Waals surface area (Å²) in [5.41, 5.74) is 0. The number of hydrogen-bond acceptors (Lipinski definition) is 0. The molecular formula is C26H106. The predicted molar refractivity (Wildman–Crippen MR) is 180 cm³/mol. The van der Waals surface area contributed by atoms with Gasteiger partial charge in [-0.25, -0.2) is 0 Å². The van der Waals surface area contributed by atoms with E-state index in [9.17, 15) is 0 Å². The fourth-order valence-corrected chi connectivity index (χ4v) is 0. The van der Waals surface area contributed by atoms with Gasteiger partial charge in [-0.3, -0.25) is 0 Å². The molecule has 0 aromatic heterocycles. The molecular weight excluding hydrogens is 312 g/mol. The second kappa shape index (κ2) is 70400. The lowest BCUT2D eigenvalue weighted by atomic mass is 11.0. The van der Waals surface area contributed by atoms with Gasteiger partial charge in [0.1, 0.15) is 0 Å². The molecule has 0 unspecified atom stereocenters. The molecule has 0 amide bonds. The molecule has 0 rings (SSSR count). The summed E-state index contributed by atoms with van der Waals surface area (Å²) in [7, 11) is 0. The first kappa shape index (κ1) is 358. The van der Waals surface area contributed by atoms with E-state index in [-0.39, 0.29) is 103 Å². The first-order valence-corrected chi connectivity index (χ1v) is 6.33. The van der Waals surface area contributed by atoms with Gasteiger partial charge in [0.2, 0.25) is 0 Å². The first-order valence-electron chi connectivity index (χ1n) is 6.33. The zero-order valence-corrected chi connectivity index (χ0v) is 13.2. The quantitative estimate of drug-likeness (QED) is 0.343. The minimum absolute atomic E-state index is 0. The Morgan fingerprint density at radius 3 is 0.231 bits per heavy atom. The summed E-state index contributed by atoms with van der Waals surface area (Å²) < 4.78 is 0. The number of hydrogen-bond donors (Lipinski definition) is 0. The van der Waals surface area contributed by atoms with Crippen molar-refractivity contribution in [1.82, 2.24) is 0 Å². The maximum Gasteiger partial charge on any atom is 0 e. The van der Waals surface area contributed by atoms with E-state index in [2.05, 4.69) is 12.8 Å². The average Bonchev–Trinajstić information content (AvgIpc) is 2.45. The Bertz CT molecular complexity index is 35.4. The minimum Gasteiger partial charge on any atom is -0.124 e. The molecule has 0 aliphatic rings. The lowest BCUT2D eigenvalue weighted by Crippen LogP contribution is -0.856. The molecule has 0 spiro atoms. The summed E-state index contributed by atoms with van der Waals surface area (Å²) in [5, 5.41) is 0. The van der Waals surface area contributed by atoms with Crippen molar-refractivity contribution >= 4 is 0 Å². The zero-order valence-electron chi connectivity index (χ0n) is 13.2. The molecule has 0 aromatic carbocycles. The second-order valence-electron chi connectivity index (χ2n) is 0. The highest BCUT2D eigenvalue weighted by Gasteiger charge is 0.942. The van der Waals surface area contributed by atoms with Crippen LogP contribution >= 0.6 is 0 Å². The summed E-state index contributed by atoms with van der Waals surface area (Å²) >= 11 is 0. The summed E-state index contributed by atoms with van der Waals surface area (Å²) in [6.07, 6.45) is 8.00. The van der Waals surface area contributed by atoms with Crippen LogP contribution in [0.1, 0.15) is 186 Å². The second-order valence-corrected chi connectivity index (χ2v) is 0. The van der Waals surface area contributed by atoms with E-state index in [1.165, 1.54) is 0 Å². The summed E-state index contributed by atoms with van der Waals surface area (Å²) in [6.45, 7) is 24.0. The van der Waals surface area contributed by atoms with Gasteiger partial charge in [-0.15, -0.1) is 12.8 Å². The van der Waals surface area contributed by atoms with E-state index in [4.69, 9.17) is 0 Å². The van der Waals surface area contributed by atoms with Crippen LogP contribution in [0.4, 0.5) is 0 Å². The molecule has 0 bridgehead atoms. The van der Waals surface area contributed by atoms with Gasteiger partial charge < -0.3 is 0 Å². The molecule has 0 aliphatic carbocycles. The van der Waals surface area contributed by atoms with Crippen LogP contribution in [0.2, 0.25) is 0 Å². The number of rotatable bonds is 0. The summed E-state index contributed by atoms with van der Waals surface area (Å²) in [5.74, 6) is 0. The van der Waals surface area contributed by atoms with Gasteiger partial charge in [0.25, 0.3) is 0 Å². The summed E-state index contributed by atoms with van der Waals surface area (Å²) in [4.78, 5) is 0. The molecule has 0 heteroatoms. The molecule has 0 aliphatic heterocycles. The van der Waals surface area contributed by atoms with Crippen molar-refractivity contribution in [1.29, 1.82) is 0 Å². The third-order valence-electron chi connectivity index (χ3n) is 0. The molecule has 26 heavy (non-hydrogen) atoms. The third kappa shape index (κ3) is 61900. The highest BCUT2D eigenvalue weighted by atomic mass is 13.0. The maximum absolute atomic E-state index is 4.00. The van der Waals surface area contributed by atoms with E-state index < -0.39 is 0 Å². The van der Waals surface area contributed by atoms with Gasteiger partial charge in [-0.2, -0.15) is 0 Å². The SMILES string of the molecule is C.C.C.C.C.C.C.C.C.C.C.C.C#C.CC.CC.CC.CC.CC.CC.[HH].[HH].[HH].[HH].[HH].[HH].[HH].[HH].[HH].[HH]. The average molecular weight is 419 g/mol. The first-order chi connectivity index (χ1) is 7.00. The van der Waals surface area contributed by atoms with Crippen LogP contribution in [0.15, 0.2) is 0 Å². The molecule has 0 N–H and O–H groups in total. The highest BCUT2D eigenvalue weighted by molar-refractivity contribution is 4.47. The lowest BCUT2D eigenvalue weighted by Gasteiger charge is -1.07. The normalized spacial score (nSPS) is 1.46. The van der Waals surface area contributed by atoms with Crippen LogP contribution in [-0.4, -0.2) is 0 Å². The standard InChI is InChI=1S/6C2H6.C2H2.12CH4.10H2/c7*1-2;;;;;;;;;;;;;;;;;;;;;;/h6*1-2H3;1-2H;12*1H4;10*1H. The molecule has 0 saturated heterocycles. The fraction of sp³-hybridized carbons (Fsp3) is 0.923. The highest BCUT2D eigenvalue weighted by Crippen LogP contribution is 1.15. The molecule has 0 radical (unpaired) electrons. The van der Waals surface area contributed by atoms with Crippen molar-refractivity contribution in [3.63, 3.8) is 0 Å². The van der Waals surface area contributed by atoms with E-state index in [1.807, 2.05) is 83.1 Å². The number of terminal acetylenes is 1. The molecule has 0 fully saturated rings. The fourth-order valence-electron chi connectivity index (χ4n) is 0. The Labute approximate surface area is 200 Å². The smallest absolute Gasteiger partial charge is 0 e. The van der Waals surface area contributed by atoms with Crippen LogP contribution in [0, 0.1) is 12.8 Å². The van der Waals surface area contributed by atoms with Gasteiger partial charge in [0, 0.05) is 14.3 Å². The molecule has 0 aromatic rings. The van der Waals surface area contributed by atoms with Crippen LogP contribution < -0.4 is 0 Å². The van der Waals surface area contributed by atoms with Crippen LogP contribution in [-0.2, 0) is 0 Å². The van der Waals surface area contributed by atoms with Gasteiger partial charge >= 0.3 is 0 Å². The van der Waals surface area contributed by atoms with Crippen molar-refractivity contribution < 1.29 is 14.3 Å². The van der Waals surface area contributed by atoms with E-state index in [0.717, 1.165) is 0 Å².